The molecule has 0 atom stereocenters. The quantitative estimate of drug-likeness (QED) is 0.877. The van der Waals surface area contributed by atoms with Gasteiger partial charge >= 0.3 is 0 Å². The molecule has 1 aromatic rings. The highest BCUT2D eigenvalue weighted by molar-refractivity contribution is 9.10. The maximum absolute atomic E-state index is 13.0. The van der Waals surface area contributed by atoms with Crippen LogP contribution in [0.1, 0.15) is 24.8 Å². The van der Waals surface area contributed by atoms with E-state index in [0.717, 1.165) is 16.6 Å². The van der Waals surface area contributed by atoms with E-state index in [4.69, 9.17) is 0 Å². The SMILES string of the molecule is Fc1cc(Br)cc(CNC2CCC2)c1. The molecule has 1 aliphatic rings. The van der Waals surface area contributed by atoms with E-state index in [9.17, 15) is 4.39 Å². The molecule has 1 nitrogen and oxygen atoms in total. The van der Waals surface area contributed by atoms with Crippen molar-refractivity contribution in [3.05, 3.63) is 34.1 Å². The zero-order chi connectivity index (χ0) is 9.97. The van der Waals surface area contributed by atoms with Crippen molar-refractivity contribution in [2.45, 2.75) is 31.8 Å². The van der Waals surface area contributed by atoms with E-state index in [1.807, 2.05) is 6.07 Å². The van der Waals surface area contributed by atoms with Gasteiger partial charge in [-0.05, 0) is 36.6 Å². The Morgan fingerprint density at radius 1 is 1.36 bits per heavy atom. The molecule has 0 spiro atoms. The van der Waals surface area contributed by atoms with E-state index in [1.54, 1.807) is 6.07 Å². The Labute approximate surface area is 91.8 Å². The molecule has 1 aliphatic carbocycles. The van der Waals surface area contributed by atoms with E-state index in [-0.39, 0.29) is 5.82 Å². The van der Waals surface area contributed by atoms with Crippen LogP contribution in [0.15, 0.2) is 22.7 Å². The summed E-state index contributed by atoms with van der Waals surface area (Å²) >= 11 is 3.28. The summed E-state index contributed by atoms with van der Waals surface area (Å²) in [6, 6.07) is 5.66. The van der Waals surface area contributed by atoms with Gasteiger partial charge in [-0.15, -0.1) is 0 Å². The number of hydrogen-bond acceptors (Lipinski definition) is 1. The zero-order valence-corrected chi connectivity index (χ0v) is 9.48. The Morgan fingerprint density at radius 2 is 2.14 bits per heavy atom. The number of nitrogens with one attached hydrogen (secondary N) is 1. The molecule has 1 N–H and O–H groups in total. The van der Waals surface area contributed by atoms with E-state index in [0.29, 0.717) is 6.04 Å². The van der Waals surface area contributed by atoms with Crippen LogP contribution in [0.5, 0.6) is 0 Å². The van der Waals surface area contributed by atoms with Crippen LogP contribution in [0.3, 0.4) is 0 Å². The molecule has 0 saturated heterocycles. The predicted molar refractivity (Wildman–Crippen MR) is 58.6 cm³/mol. The Kier molecular flexibility index (Phi) is 3.19. The van der Waals surface area contributed by atoms with Crippen molar-refractivity contribution in [2.24, 2.45) is 0 Å². The minimum atomic E-state index is -0.176. The van der Waals surface area contributed by atoms with Crippen molar-refractivity contribution in [2.75, 3.05) is 0 Å². The summed E-state index contributed by atoms with van der Waals surface area (Å²) in [4.78, 5) is 0. The maximum atomic E-state index is 13.0. The molecule has 0 unspecified atom stereocenters. The van der Waals surface area contributed by atoms with Gasteiger partial charge in [0.2, 0.25) is 0 Å². The fourth-order valence-electron chi connectivity index (χ4n) is 1.59. The van der Waals surface area contributed by atoms with Gasteiger partial charge in [0.1, 0.15) is 5.82 Å². The van der Waals surface area contributed by atoms with Crippen molar-refractivity contribution in [1.82, 2.24) is 5.32 Å². The van der Waals surface area contributed by atoms with Crippen LogP contribution >= 0.6 is 15.9 Å². The topological polar surface area (TPSA) is 12.0 Å². The van der Waals surface area contributed by atoms with Gasteiger partial charge in [-0.3, -0.25) is 0 Å². The highest BCUT2D eigenvalue weighted by Gasteiger charge is 2.16. The summed E-state index contributed by atoms with van der Waals surface area (Å²) < 4.78 is 13.8. The van der Waals surface area contributed by atoms with Crippen molar-refractivity contribution < 1.29 is 4.39 Å². The second kappa shape index (κ2) is 4.41. The zero-order valence-electron chi connectivity index (χ0n) is 7.89. The predicted octanol–water partition coefficient (Wildman–Crippen LogP) is 3.23. The van der Waals surface area contributed by atoms with E-state index in [1.165, 1.54) is 25.3 Å². The second-order valence-corrected chi connectivity index (χ2v) is 4.70. The highest BCUT2D eigenvalue weighted by Crippen LogP contribution is 2.19. The van der Waals surface area contributed by atoms with Gasteiger partial charge in [0, 0.05) is 17.1 Å². The maximum Gasteiger partial charge on any atom is 0.124 e. The van der Waals surface area contributed by atoms with Crippen LogP contribution in [0, 0.1) is 5.82 Å². The van der Waals surface area contributed by atoms with Gasteiger partial charge in [-0.25, -0.2) is 4.39 Å². The van der Waals surface area contributed by atoms with E-state index < -0.39 is 0 Å². The third-order valence-corrected chi connectivity index (χ3v) is 3.08. The molecule has 0 radical (unpaired) electrons. The minimum absolute atomic E-state index is 0.176. The van der Waals surface area contributed by atoms with Crippen molar-refractivity contribution in [1.29, 1.82) is 0 Å². The number of benzene rings is 1. The molecule has 0 amide bonds. The van der Waals surface area contributed by atoms with Gasteiger partial charge in [-0.1, -0.05) is 22.4 Å². The Hall–Kier alpha value is -0.410. The molecule has 0 aliphatic heterocycles. The van der Waals surface area contributed by atoms with E-state index >= 15 is 0 Å². The minimum Gasteiger partial charge on any atom is -0.310 e. The van der Waals surface area contributed by atoms with Gasteiger partial charge in [0.15, 0.2) is 0 Å². The van der Waals surface area contributed by atoms with Crippen LogP contribution in [0.2, 0.25) is 0 Å². The summed E-state index contributed by atoms with van der Waals surface area (Å²) in [6.07, 6.45) is 3.84. The van der Waals surface area contributed by atoms with Gasteiger partial charge in [0.05, 0.1) is 0 Å². The lowest BCUT2D eigenvalue weighted by Gasteiger charge is -2.26. The molecule has 1 aromatic carbocycles. The first-order valence-corrected chi connectivity index (χ1v) is 5.72. The normalized spacial score (nSPS) is 16.7. The number of hydrogen-bond donors (Lipinski definition) is 1. The Balaban J connectivity index is 1.94. The monoisotopic (exact) mass is 257 g/mol. The molecule has 3 heteroatoms. The lowest BCUT2D eigenvalue weighted by molar-refractivity contribution is 0.338. The largest absolute Gasteiger partial charge is 0.310 e. The average molecular weight is 258 g/mol. The number of rotatable bonds is 3. The third kappa shape index (κ3) is 2.55. The standard InChI is InChI=1S/C11H13BrFN/c12-9-4-8(5-10(13)6-9)7-14-11-2-1-3-11/h4-6,11,14H,1-3,7H2. The first kappa shape index (κ1) is 10.1. The lowest BCUT2D eigenvalue weighted by Crippen LogP contribution is -2.34. The van der Waals surface area contributed by atoms with Crippen LogP contribution in [0.4, 0.5) is 4.39 Å². The van der Waals surface area contributed by atoms with Crippen LogP contribution in [-0.2, 0) is 6.54 Å². The fourth-order valence-corrected chi connectivity index (χ4v) is 2.10. The van der Waals surface area contributed by atoms with Crippen LogP contribution in [0.25, 0.3) is 0 Å². The molecule has 0 aromatic heterocycles. The van der Waals surface area contributed by atoms with Gasteiger partial charge < -0.3 is 5.32 Å². The number of halogens is 2. The van der Waals surface area contributed by atoms with Crippen LogP contribution < -0.4 is 5.32 Å². The fraction of sp³-hybridized carbons (Fsp3) is 0.455. The van der Waals surface area contributed by atoms with Gasteiger partial charge in [0.25, 0.3) is 0 Å². The lowest BCUT2D eigenvalue weighted by atomic mass is 9.93. The van der Waals surface area contributed by atoms with Crippen molar-refractivity contribution in [3.63, 3.8) is 0 Å². The molecule has 1 fully saturated rings. The molecule has 0 heterocycles. The summed E-state index contributed by atoms with van der Waals surface area (Å²) in [5.41, 5.74) is 1.00. The summed E-state index contributed by atoms with van der Waals surface area (Å²) in [6.45, 7) is 0.765. The van der Waals surface area contributed by atoms with E-state index in [2.05, 4.69) is 21.2 Å². The molecule has 76 valence electrons. The van der Waals surface area contributed by atoms with Crippen molar-refractivity contribution >= 4 is 15.9 Å². The first-order chi connectivity index (χ1) is 6.74. The smallest absolute Gasteiger partial charge is 0.124 e. The summed E-state index contributed by atoms with van der Waals surface area (Å²) in [5.74, 6) is -0.176. The molecule has 0 bridgehead atoms. The summed E-state index contributed by atoms with van der Waals surface area (Å²) in [7, 11) is 0. The second-order valence-electron chi connectivity index (χ2n) is 3.79. The van der Waals surface area contributed by atoms with Crippen molar-refractivity contribution in [3.8, 4) is 0 Å². The van der Waals surface area contributed by atoms with Crippen LogP contribution in [-0.4, -0.2) is 6.04 Å². The first-order valence-electron chi connectivity index (χ1n) is 4.92. The molecule has 2 rings (SSSR count). The third-order valence-electron chi connectivity index (χ3n) is 2.62. The molecule has 1 saturated carbocycles. The Bertz CT molecular complexity index is 303. The molecular formula is C11H13BrFN. The molecule has 14 heavy (non-hydrogen) atoms. The Morgan fingerprint density at radius 3 is 2.71 bits per heavy atom. The molecular weight excluding hydrogens is 245 g/mol. The average Bonchev–Trinajstić information content (AvgIpc) is 1.99. The highest BCUT2D eigenvalue weighted by atomic mass is 79.9. The van der Waals surface area contributed by atoms with Gasteiger partial charge in [-0.2, -0.15) is 0 Å². The summed E-state index contributed by atoms with van der Waals surface area (Å²) in [5, 5.41) is 3.40.